The highest BCUT2D eigenvalue weighted by atomic mass is 32.2. The summed E-state index contributed by atoms with van der Waals surface area (Å²) in [6.45, 7) is 1.26. The molecule has 1 aromatic carbocycles. The molecule has 0 fully saturated rings. The number of methoxy groups -OCH3 is 2. The molecule has 1 aliphatic heterocycles. The summed E-state index contributed by atoms with van der Waals surface area (Å²) in [5.74, 6) is 0.101. The SMILES string of the molecule is COC(=O)c1sccc1S(=O)c1ccc2c(c1)C=NN(Cc1ccc(OC)nc1)C2. The topological polar surface area (TPSA) is 81.1 Å². The van der Waals surface area contributed by atoms with Gasteiger partial charge in [-0.25, -0.2) is 14.0 Å². The van der Waals surface area contributed by atoms with Gasteiger partial charge in [0.1, 0.15) is 4.88 Å². The number of aromatic nitrogens is 1. The fourth-order valence-corrected chi connectivity index (χ4v) is 5.36. The number of pyridine rings is 1. The average Bonchev–Trinajstić information content (AvgIpc) is 3.28. The average molecular weight is 442 g/mol. The van der Waals surface area contributed by atoms with E-state index in [9.17, 15) is 9.00 Å². The van der Waals surface area contributed by atoms with Gasteiger partial charge in [-0.2, -0.15) is 5.10 Å². The molecule has 0 radical (unpaired) electrons. The van der Waals surface area contributed by atoms with Crippen molar-refractivity contribution in [3.05, 3.63) is 69.5 Å². The van der Waals surface area contributed by atoms with Crippen LogP contribution in [-0.4, -0.2) is 40.6 Å². The van der Waals surface area contributed by atoms with Gasteiger partial charge in [-0.15, -0.1) is 11.3 Å². The lowest BCUT2D eigenvalue weighted by molar-refractivity contribution is 0.0602. The van der Waals surface area contributed by atoms with Crippen molar-refractivity contribution in [2.75, 3.05) is 14.2 Å². The molecule has 3 aromatic rings. The van der Waals surface area contributed by atoms with Crippen LogP contribution >= 0.6 is 11.3 Å². The van der Waals surface area contributed by atoms with Crippen LogP contribution in [-0.2, 0) is 28.6 Å². The van der Waals surface area contributed by atoms with Crippen molar-refractivity contribution in [1.29, 1.82) is 0 Å². The van der Waals surface area contributed by atoms with Gasteiger partial charge in [0.25, 0.3) is 0 Å². The number of thiophene rings is 1. The maximum absolute atomic E-state index is 13.0. The van der Waals surface area contributed by atoms with Gasteiger partial charge in [-0.05, 0) is 34.7 Å². The number of rotatable bonds is 6. The maximum atomic E-state index is 13.0. The Balaban J connectivity index is 1.51. The molecule has 0 N–H and O–H groups in total. The van der Waals surface area contributed by atoms with E-state index in [-0.39, 0.29) is 0 Å². The number of hydrogen-bond acceptors (Lipinski definition) is 8. The summed E-state index contributed by atoms with van der Waals surface area (Å²) in [7, 11) is 1.43. The molecule has 0 amide bonds. The quantitative estimate of drug-likeness (QED) is 0.545. The molecular formula is C21H19N3O4S2. The van der Waals surface area contributed by atoms with Crippen molar-refractivity contribution in [1.82, 2.24) is 9.99 Å². The third kappa shape index (κ3) is 4.12. The fourth-order valence-electron chi connectivity index (χ4n) is 3.08. The minimum atomic E-state index is -1.48. The first kappa shape index (κ1) is 20.2. The molecule has 4 rings (SSSR count). The van der Waals surface area contributed by atoms with E-state index in [0.717, 1.165) is 16.7 Å². The molecule has 9 heteroatoms. The van der Waals surface area contributed by atoms with Crippen LogP contribution < -0.4 is 4.74 Å². The van der Waals surface area contributed by atoms with Gasteiger partial charge in [-0.1, -0.05) is 12.1 Å². The zero-order valence-corrected chi connectivity index (χ0v) is 18.0. The zero-order valence-electron chi connectivity index (χ0n) is 16.4. The standard InChI is InChI=1S/C21H19N3O4S2/c1-27-19-6-3-14(10-22-19)12-24-13-15-4-5-17(9-16(15)11-23-24)30(26)18-7-8-29-20(18)21(25)28-2/h3-11H,12-13H2,1-2H3. The predicted molar refractivity (Wildman–Crippen MR) is 114 cm³/mol. The molecule has 0 saturated heterocycles. The molecule has 0 bridgehead atoms. The summed E-state index contributed by atoms with van der Waals surface area (Å²) >= 11 is 1.22. The number of ether oxygens (including phenoxy) is 2. The van der Waals surface area contributed by atoms with Crippen LogP contribution in [0.3, 0.4) is 0 Å². The lowest BCUT2D eigenvalue weighted by Gasteiger charge is -2.24. The largest absolute Gasteiger partial charge is 0.481 e. The Kier molecular flexibility index (Phi) is 5.91. The summed E-state index contributed by atoms with van der Waals surface area (Å²) in [5, 5.41) is 8.19. The van der Waals surface area contributed by atoms with E-state index in [4.69, 9.17) is 9.47 Å². The smallest absolute Gasteiger partial charge is 0.349 e. The van der Waals surface area contributed by atoms with Gasteiger partial charge in [0.15, 0.2) is 0 Å². The number of carbonyl (C=O) groups is 1. The molecule has 7 nitrogen and oxygen atoms in total. The number of benzene rings is 1. The van der Waals surface area contributed by atoms with Gasteiger partial charge in [0.2, 0.25) is 5.88 Å². The minimum Gasteiger partial charge on any atom is -0.481 e. The maximum Gasteiger partial charge on any atom is 0.349 e. The molecule has 0 aliphatic carbocycles. The van der Waals surface area contributed by atoms with Crippen LogP contribution in [0, 0.1) is 0 Å². The number of carbonyl (C=O) groups excluding carboxylic acids is 1. The van der Waals surface area contributed by atoms with Gasteiger partial charge >= 0.3 is 5.97 Å². The summed E-state index contributed by atoms with van der Waals surface area (Å²) in [6, 6.07) is 11.1. The molecule has 2 aromatic heterocycles. The van der Waals surface area contributed by atoms with Crippen LogP contribution in [0.2, 0.25) is 0 Å². The lowest BCUT2D eigenvalue weighted by atomic mass is 10.1. The first-order valence-corrected chi connectivity index (χ1v) is 11.1. The Morgan fingerprint density at radius 3 is 2.83 bits per heavy atom. The van der Waals surface area contributed by atoms with Crippen molar-refractivity contribution >= 4 is 34.3 Å². The molecule has 0 spiro atoms. The molecule has 1 aliphatic rings. The van der Waals surface area contributed by atoms with Crippen molar-refractivity contribution in [3.8, 4) is 5.88 Å². The third-order valence-electron chi connectivity index (χ3n) is 4.62. The molecule has 1 unspecified atom stereocenters. The molecule has 0 saturated carbocycles. The number of hydrogen-bond donors (Lipinski definition) is 0. The number of esters is 1. The summed E-state index contributed by atoms with van der Waals surface area (Å²) in [4.78, 5) is 17.6. The molecule has 3 heterocycles. The third-order valence-corrected chi connectivity index (χ3v) is 7.06. The van der Waals surface area contributed by atoms with E-state index in [1.165, 1.54) is 18.4 Å². The number of fused-ring (bicyclic) bond motifs is 1. The van der Waals surface area contributed by atoms with Crippen LogP contribution in [0.15, 0.2) is 62.9 Å². The van der Waals surface area contributed by atoms with E-state index in [1.54, 1.807) is 31.0 Å². The summed E-state index contributed by atoms with van der Waals surface area (Å²) in [5.41, 5.74) is 3.03. The second-order valence-electron chi connectivity index (χ2n) is 6.51. The van der Waals surface area contributed by atoms with Gasteiger partial charge in [-0.3, -0.25) is 5.01 Å². The Morgan fingerprint density at radius 2 is 2.10 bits per heavy atom. The number of hydrazone groups is 1. The normalized spacial score (nSPS) is 13.6. The van der Waals surface area contributed by atoms with E-state index in [1.807, 2.05) is 35.3 Å². The van der Waals surface area contributed by atoms with Crippen molar-refractivity contribution in [3.63, 3.8) is 0 Å². The first-order valence-electron chi connectivity index (χ1n) is 9.07. The van der Waals surface area contributed by atoms with Gasteiger partial charge < -0.3 is 9.47 Å². The van der Waals surface area contributed by atoms with Gasteiger partial charge in [0.05, 0.1) is 49.2 Å². The van der Waals surface area contributed by atoms with Crippen molar-refractivity contribution in [2.45, 2.75) is 22.9 Å². The Bertz CT molecular complexity index is 1130. The second kappa shape index (κ2) is 8.76. The van der Waals surface area contributed by atoms with Crippen molar-refractivity contribution in [2.24, 2.45) is 5.10 Å². The predicted octanol–water partition coefficient (Wildman–Crippen LogP) is 3.45. The highest BCUT2D eigenvalue weighted by Crippen LogP contribution is 2.28. The molecule has 154 valence electrons. The first-order chi connectivity index (χ1) is 14.6. The fraction of sp³-hybridized carbons (Fsp3) is 0.190. The van der Waals surface area contributed by atoms with Crippen LogP contribution in [0.1, 0.15) is 26.4 Å². The zero-order chi connectivity index (χ0) is 21.1. The van der Waals surface area contributed by atoms with Gasteiger partial charge in [0, 0.05) is 22.7 Å². The van der Waals surface area contributed by atoms with E-state index in [2.05, 4.69) is 10.1 Å². The molecule has 1 atom stereocenters. The van der Waals surface area contributed by atoms with Crippen LogP contribution in [0.5, 0.6) is 5.88 Å². The Hall–Kier alpha value is -3.04. The highest BCUT2D eigenvalue weighted by Gasteiger charge is 2.21. The molecule has 30 heavy (non-hydrogen) atoms. The molecular weight excluding hydrogens is 422 g/mol. The highest BCUT2D eigenvalue weighted by molar-refractivity contribution is 7.85. The van der Waals surface area contributed by atoms with Crippen LogP contribution in [0.25, 0.3) is 0 Å². The van der Waals surface area contributed by atoms with Crippen LogP contribution in [0.4, 0.5) is 0 Å². The van der Waals surface area contributed by atoms with E-state index < -0.39 is 16.8 Å². The monoisotopic (exact) mass is 441 g/mol. The summed E-state index contributed by atoms with van der Waals surface area (Å²) < 4.78 is 22.9. The Labute approximate surface area is 180 Å². The number of nitrogens with zero attached hydrogens (tertiary/aromatic N) is 3. The summed E-state index contributed by atoms with van der Waals surface area (Å²) in [6.07, 6.45) is 3.54. The lowest BCUT2D eigenvalue weighted by Crippen LogP contribution is -2.21. The van der Waals surface area contributed by atoms with Crippen molar-refractivity contribution < 1.29 is 18.5 Å². The Morgan fingerprint density at radius 1 is 1.23 bits per heavy atom. The second-order valence-corrected chi connectivity index (χ2v) is 8.88. The van der Waals surface area contributed by atoms with E-state index >= 15 is 0 Å². The van der Waals surface area contributed by atoms with E-state index in [0.29, 0.717) is 33.6 Å². The minimum absolute atomic E-state index is 0.362.